The molecule has 0 bridgehead atoms. The summed E-state index contributed by atoms with van der Waals surface area (Å²) in [4.78, 5) is 2.04. The summed E-state index contributed by atoms with van der Waals surface area (Å²) in [5, 5.41) is 0.280. The largest absolute Gasteiger partial charge is 0.305 e. The van der Waals surface area contributed by atoms with Crippen LogP contribution >= 0.6 is 39.1 Å². The molecular weight excluding hydrogens is 399 g/mol. The van der Waals surface area contributed by atoms with Crippen LogP contribution in [-0.4, -0.2) is 50.8 Å². The van der Waals surface area contributed by atoms with Gasteiger partial charge in [-0.25, -0.2) is 8.42 Å². The van der Waals surface area contributed by atoms with Gasteiger partial charge in [0.05, 0.1) is 10.0 Å². The molecule has 118 valence electrons. The van der Waals surface area contributed by atoms with Crippen LogP contribution < -0.4 is 0 Å². The molecular formula is C13H17BrCl2N2O2S. The fourth-order valence-electron chi connectivity index (χ4n) is 2.47. The molecule has 1 aromatic rings. The lowest BCUT2D eigenvalue weighted by atomic mass is 10.1. The molecule has 1 atom stereocenters. The van der Waals surface area contributed by atoms with Crippen LogP contribution in [0.1, 0.15) is 12.8 Å². The van der Waals surface area contributed by atoms with Gasteiger partial charge in [0.25, 0.3) is 0 Å². The van der Waals surface area contributed by atoms with Crippen molar-refractivity contribution in [3.8, 4) is 0 Å². The van der Waals surface area contributed by atoms with Gasteiger partial charge in [-0.1, -0.05) is 39.1 Å². The highest BCUT2D eigenvalue weighted by atomic mass is 79.9. The number of halogens is 3. The Kier molecular flexibility index (Phi) is 5.60. The first-order valence-corrected chi connectivity index (χ1v) is 9.53. The van der Waals surface area contributed by atoms with Gasteiger partial charge in [0, 0.05) is 23.6 Å². The average molecular weight is 416 g/mol. The van der Waals surface area contributed by atoms with Gasteiger partial charge in [0.1, 0.15) is 4.90 Å². The van der Waals surface area contributed by atoms with Crippen LogP contribution in [0, 0.1) is 0 Å². The van der Waals surface area contributed by atoms with Crippen LogP contribution in [0.5, 0.6) is 0 Å². The van der Waals surface area contributed by atoms with Crippen molar-refractivity contribution in [2.45, 2.75) is 23.8 Å². The zero-order valence-corrected chi connectivity index (χ0v) is 15.7. The highest BCUT2D eigenvalue weighted by Gasteiger charge is 2.33. The van der Waals surface area contributed by atoms with E-state index in [0.717, 1.165) is 12.8 Å². The molecule has 0 amide bonds. The molecule has 0 spiro atoms. The topological polar surface area (TPSA) is 40.6 Å². The SMILES string of the molecule is CN(C)C1CCCN(S(=O)(=O)c2c(Cl)cc(Br)cc2Cl)C1. The lowest BCUT2D eigenvalue weighted by Crippen LogP contribution is -2.47. The molecule has 8 heteroatoms. The van der Waals surface area contributed by atoms with E-state index in [1.54, 1.807) is 12.1 Å². The first-order chi connectivity index (χ1) is 9.73. The van der Waals surface area contributed by atoms with Crippen molar-refractivity contribution in [2.75, 3.05) is 27.2 Å². The second kappa shape index (κ2) is 6.72. The molecule has 1 aliphatic heterocycles. The molecule has 1 saturated heterocycles. The van der Waals surface area contributed by atoms with Crippen molar-refractivity contribution in [1.29, 1.82) is 0 Å². The number of likely N-dealkylation sites (N-methyl/N-ethyl adjacent to an activating group) is 1. The Balaban J connectivity index is 2.39. The van der Waals surface area contributed by atoms with Gasteiger partial charge in [-0.15, -0.1) is 0 Å². The number of rotatable bonds is 3. The minimum atomic E-state index is -3.68. The van der Waals surface area contributed by atoms with Gasteiger partial charge >= 0.3 is 0 Å². The van der Waals surface area contributed by atoms with Gasteiger partial charge in [0.15, 0.2) is 0 Å². The summed E-state index contributed by atoms with van der Waals surface area (Å²) < 4.78 is 27.8. The van der Waals surface area contributed by atoms with Crippen molar-refractivity contribution in [1.82, 2.24) is 9.21 Å². The minimum absolute atomic E-state index is 0.00607. The Hall–Kier alpha value is 0.150. The van der Waals surface area contributed by atoms with Gasteiger partial charge in [-0.05, 0) is 39.1 Å². The lowest BCUT2D eigenvalue weighted by Gasteiger charge is -2.35. The van der Waals surface area contributed by atoms with Crippen molar-refractivity contribution in [3.05, 3.63) is 26.7 Å². The van der Waals surface area contributed by atoms with Gasteiger partial charge < -0.3 is 4.90 Å². The molecule has 0 radical (unpaired) electrons. The number of benzene rings is 1. The smallest absolute Gasteiger partial charge is 0.246 e. The van der Waals surface area contributed by atoms with E-state index in [1.165, 1.54) is 4.31 Å². The van der Waals surface area contributed by atoms with Crippen molar-refractivity contribution >= 4 is 49.2 Å². The molecule has 2 rings (SSSR count). The molecule has 1 aliphatic rings. The summed E-state index contributed by atoms with van der Waals surface area (Å²) >= 11 is 15.5. The van der Waals surface area contributed by atoms with Gasteiger partial charge in [0.2, 0.25) is 10.0 Å². The Bertz CT molecular complexity index is 614. The standard InChI is InChI=1S/C13H17BrCl2N2O2S/c1-17(2)10-4-3-5-18(8-10)21(19,20)13-11(15)6-9(14)7-12(13)16/h6-7,10H,3-5,8H2,1-2H3. The fraction of sp³-hybridized carbons (Fsp3) is 0.538. The summed E-state index contributed by atoms with van der Waals surface area (Å²) in [5.74, 6) is 0. The van der Waals surface area contributed by atoms with E-state index in [2.05, 4.69) is 15.9 Å². The minimum Gasteiger partial charge on any atom is -0.305 e. The molecule has 21 heavy (non-hydrogen) atoms. The number of hydrogen-bond acceptors (Lipinski definition) is 3. The molecule has 1 heterocycles. The number of sulfonamides is 1. The first-order valence-electron chi connectivity index (χ1n) is 6.54. The maximum absolute atomic E-state index is 12.8. The molecule has 1 unspecified atom stereocenters. The number of hydrogen-bond donors (Lipinski definition) is 0. The van der Waals surface area contributed by atoms with Crippen LogP contribution in [-0.2, 0) is 10.0 Å². The molecule has 0 aromatic heterocycles. The third-order valence-corrected chi connectivity index (χ3v) is 6.90. The van der Waals surface area contributed by atoms with E-state index in [9.17, 15) is 8.42 Å². The van der Waals surface area contributed by atoms with Gasteiger partial charge in [-0.2, -0.15) is 4.31 Å². The first kappa shape index (κ1) is 17.5. The maximum Gasteiger partial charge on any atom is 0.246 e. The summed E-state index contributed by atoms with van der Waals surface area (Å²) in [5.41, 5.74) is 0. The number of piperidine rings is 1. The van der Waals surface area contributed by atoms with Crippen LogP contribution in [0.2, 0.25) is 10.0 Å². The summed E-state index contributed by atoms with van der Waals surface area (Å²) in [6, 6.07) is 3.31. The summed E-state index contributed by atoms with van der Waals surface area (Å²) in [6.07, 6.45) is 1.81. The zero-order valence-electron chi connectivity index (χ0n) is 11.8. The highest BCUT2D eigenvalue weighted by Crippen LogP contribution is 2.35. The Labute approximate surface area is 144 Å². The summed E-state index contributed by atoms with van der Waals surface area (Å²) in [6.45, 7) is 0.952. The van der Waals surface area contributed by atoms with Crippen LogP contribution in [0.4, 0.5) is 0 Å². The van der Waals surface area contributed by atoms with Crippen molar-refractivity contribution in [3.63, 3.8) is 0 Å². The molecule has 1 aromatic carbocycles. The van der Waals surface area contributed by atoms with Crippen LogP contribution in [0.25, 0.3) is 0 Å². The third-order valence-electron chi connectivity index (χ3n) is 3.65. The van der Waals surface area contributed by atoms with E-state index in [-0.39, 0.29) is 21.0 Å². The highest BCUT2D eigenvalue weighted by molar-refractivity contribution is 9.10. The molecule has 0 aliphatic carbocycles. The van der Waals surface area contributed by atoms with E-state index < -0.39 is 10.0 Å². The quantitative estimate of drug-likeness (QED) is 0.758. The monoisotopic (exact) mass is 414 g/mol. The van der Waals surface area contributed by atoms with E-state index in [4.69, 9.17) is 23.2 Å². The van der Waals surface area contributed by atoms with Crippen molar-refractivity contribution in [2.24, 2.45) is 0 Å². The predicted molar refractivity (Wildman–Crippen MR) is 89.6 cm³/mol. The molecule has 4 nitrogen and oxygen atoms in total. The second-order valence-electron chi connectivity index (χ2n) is 5.32. The summed E-state index contributed by atoms with van der Waals surface area (Å²) in [7, 11) is 0.233. The maximum atomic E-state index is 12.8. The fourth-order valence-corrected chi connectivity index (χ4v) is 5.87. The Morgan fingerprint density at radius 2 is 1.86 bits per heavy atom. The van der Waals surface area contributed by atoms with Crippen LogP contribution in [0.15, 0.2) is 21.5 Å². The molecule has 0 saturated carbocycles. The van der Waals surface area contributed by atoms with E-state index >= 15 is 0 Å². The number of nitrogens with zero attached hydrogens (tertiary/aromatic N) is 2. The third kappa shape index (κ3) is 3.74. The van der Waals surface area contributed by atoms with Crippen molar-refractivity contribution < 1.29 is 8.42 Å². The molecule has 1 fully saturated rings. The average Bonchev–Trinajstić information content (AvgIpc) is 2.37. The van der Waals surface area contributed by atoms with E-state index in [1.807, 2.05) is 19.0 Å². The lowest BCUT2D eigenvalue weighted by molar-refractivity contribution is 0.190. The normalized spacial score (nSPS) is 21.0. The van der Waals surface area contributed by atoms with E-state index in [0.29, 0.717) is 17.6 Å². The Morgan fingerprint density at radius 3 is 2.38 bits per heavy atom. The van der Waals surface area contributed by atoms with Crippen LogP contribution in [0.3, 0.4) is 0 Å². The predicted octanol–water partition coefficient (Wildman–Crippen LogP) is 3.47. The second-order valence-corrected chi connectivity index (χ2v) is 8.93. The Morgan fingerprint density at radius 1 is 1.29 bits per heavy atom. The van der Waals surface area contributed by atoms with Gasteiger partial charge in [-0.3, -0.25) is 0 Å². The molecule has 0 N–H and O–H groups in total. The zero-order chi connectivity index (χ0) is 15.8.